The summed E-state index contributed by atoms with van der Waals surface area (Å²) in [6.45, 7) is 2.32. The third-order valence-electron chi connectivity index (χ3n) is 3.44. The highest BCUT2D eigenvalue weighted by Crippen LogP contribution is 2.22. The summed E-state index contributed by atoms with van der Waals surface area (Å²) in [6.07, 6.45) is 1.66. The Bertz CT molecular complexity index is 600. The third kappa shape index (κ3) is 3.75. The van der Waals surface area contributed by atoms with Gasteiger partial charge in [-0.1, -0.05) is 6.92 Å². The van der Waals surface area contributed by atoms with Crippen LogP contribution in [0.1, 0.15) is 36.5 Å². The van der Waals surface area contributed by atoms with Crippen molar-refractivity contribution in [2.75, 3.05) is 11.9 Å². The summed E-state index contributed by atoms with van der Waals surface area (Å²) in [5.41, 5.74) is 0.440. The first kappa shape index (κ1) is 15.8. The van der Waals surface area contributed by atoms with E-state index in [1.165, 1.54) is 18.2 Å². The van der Waals surface area contributed by atoms with Gasteiger partial charge in [-0.05, 0) is 31.0 Å². The fourth-order valence-corrected chi connectivity index (χ4v) is 2.19. The first-order chi connectivity index (χ1) is 10.5. The van der Waals surface area contributed by atoms with Crippen LogP contribution in [0.25, 0.3) is 0 Å². The molecule has 1 atom stereocenters. The number of piperidine rings is 1. The lowest BCUT2D eigenvalue weighted by molar-refractivity contribution is -0.124. The molecular formula is C15H19N3O4. The van der Waals surface area contributed by atoms with Crippen molar-refractivity contribution in [2.45, 2.75) is 32.2 Å². The number of nitrogens with one attached hydrogen (secondary N) is 3. The van der Waals surface area contributed by atoms with Crippen molar-refractivity contribution in [3.8, 4) is 5.75 Å². The fourth-order valence-electron chi connectivity index (χ4n) is 2.19. The molecule has 0 aliphatic carbocycles. The van der Waals surface area contributed by atoms with Crippen LogP contribution in [0.2, 0.25) is 0 Å². The molecule has 118 valence electrons. The molecule has 1 fully saturated rings. The molecule has 0 saturated carbocycles. The van der Waals surface area contributed by atoms with Crippen molar-refractivity contribution in [3.05, 3.63) is 23.8 Å². The standard InChI is InChI=1S/C15H19N3O4/c1-2-13(20)17-9-5-6-12(19)10(8-9)14(21)18-11-4-3-7-16-15(11)22/h5-6,8,11,19H,2-4,7H2,1H3,(H,16,22)(H,17,20)(H,18,21). The maximum atomic E-state index is 12.2. The lowest BCUT2D eigenvalue weighted by atomic mass is 10.1. The van der Waals surface area contributed by atoms with Crippen LogP contribution in [0, 0.1) is 0 Å². The SMILES string of the molecule is CCC(=O)Nc1ccc(O)c(C(=O)NC2CCCNC2=O)c1. The Labute approximate surface area is 128 Å². The van der Waals surface area contributed by atoms with Gasteiger partial charge in [-0.2, -0.15) is 0 Å². The topological polar surface area (TPSA) is 108 Å². The zero-order valence-electron chi connectivity index (χ0n) is 12.3. The van der Waals surface area contributed by atoms with E-state index in [1.54, 1.807) is 6.92 Å². The van der Waals surface area contributed by atoms with Crippen LogP contribution >= 0.6 is 0 Å². The highest BCUT2D eigenvalue weighted by Gasteiger charge is 2.25. The molecule has 22 heavy (non-hydrogen) atoms. The minimum atomic E-state index is -0.602. The predicted octanol–water partition coefficient (Wildman–Crippen LogP) is 0.749. The van der Waals surface area contributed by atoms with Gasteiger partial charge in [0.25, 0.3) is 5.91 Å². The molecule has 0 spiro atoms. The van der Waals surface area contributed by atoms with E-state index in [-0.39, 0.29) is 23.1 Å². The zero-order chi connectivity index (χ0) is 16.1. The van der Waals surface area contributed by atoms with Crippen LogP contribution in [0.3, 0.4) is 0 Å². The van der Waals surface area contributed by atoms with Crippen LogP contribution in [0.5, 0.6) is 5.75 Å². The first-order valence-electron chi connectivity index (χ1n) is 7.22. The van der Waals surface area contributed by atoms with Crippen LogP contribution in [0.4, 0.5) is 5.69 Å². The second kappa shape index (κ2) is 6.93. The Kier molecular flexibility index (Phi) is 4.98. The normalized spacial score (nSPS) is 17.5. The monoisotopic (exact) mass is 305 g/mol. The van der Waals surface area contributed by atoms with Crippen molar-refractivity contribution < 1.29 is 19.5 Å². The molecule has 1 aromatic carbocycles. The number of hydrogen-bond donors (Lipinski definition) is 4. The maximum Gasteiger partial charge on any atom is 0.255 e. The molecule has 1 aromatic rings. The Morgan fingerprint density at radius 2 is 2.18 bits per heavy atom. The second-order valence-electron chi connectivity index (χ2n) is 5.09. The third-order valence-corrected chi connectivity index (χ3v) is 3.44. The molecule has 7 heteroatoms. The highest BCUT2D eigenvalue weighted by atomic mass is 16.3. The van der Waals surface area contributed by atoms with Crippen molar-refractivity contribution >= 4 is 23.4 Å². The number of carbonyl (C=O) groups excluding carboxylic acids is 3. The number of benzene rings is 1. The van der Waals surface area contributed by atoms with E-state index in [0.29, 0.717) is 25.1 Å². The molecule has 0 radical (unpaired) electrons. The van der Waals surface area contributed by atoms with Crippen LogP contribution < -0.4 is 16.0 Å². The van der Waals surface area contributed by atoms with Crippen LogP contribution in [0.15, 0.2) is 18.2 Å². The summed E-state index contributed by atoms with van der Waals surface area (Å²) in [5.74, 6) is -1.17. The van der Waals surface area contributed by atoms with Gasteiger partial charge in [0.2, 0.25) is 11.8 Å². The zero-order valence-corrected chi connectivity index (χ0v) is 12.3. The molecule has 1 saturated heterocycles. The van der Waals surface area contributed by atoms with E-state index in [4.69, 9.17) is 0 Å². The van der Waals surface area contributed by atoms with E-state index in [9.17, 15) is 19.5 Å². The van der Waals surface area contributed by atoms with Gasteiger partial charge in [-0.25, -0.2) is 0 Å². The van der Waals surface area contributed by atoms with Crippen molar-refractivity contribution in [2.24, 2.45) is 0 Å². The number of rotatable bonds is 4. The van der Waals surface area contributed by atoms with E-state index in [0.717, 1.165) is 6.42 Å². The van der Waals surface area contributed by atoms with Gasteiger partial charge in [0.15, 0.2) is 0 Å². The Hall–Kier alpha value is -2.57. The summed E-state index contributed by atoms with van der Waals surface area (Å²) in [7, 11) is 0. The summed E-state index contributed by atoms with van der Waals surface area (Å²) in [5, 5.41) is 17.7. The van der Waals surface area contributed by atoms with E-state index >= 15 is 0 Å². The van der Waals surface area contributed by atoms with Crippen molar-refractivity contribution in [1.82, 2.24) is 10.6 Å². The van der Waals surface area contributed by atoms with E-state index < -0.39 is 11.9 Å². The van der Waals surface area contributed by atoms with Gasteiger partial charge in [0, 0.05) is 18.7 Å². The number of phenols is 1. The van der Waals surface area contributed by atoms with E-state index in [2.05, 4.69) is 16.0 Å². The van der Waals surface area contributed by atoms with Crippen LogP contribution in [-0.2, 0) is 9.59 Å². The fraction of sp³-hybridized carbons (Fsp3) is 0.400. The number of phenolic OH excluding ortho intramolecular Hbond substituents is 1. The van der Waals surface area contributed by atoms with Gasteiger partial charge < -0.3 is 21.1 Å². The Balaban J connectivity index is 2.12. The summed E-state index contributed by atoms with van der Waals surface area (Å²) in [6, 6.07) is 3.63. The minimum absolute atomic E-state index is 0.0206. The molecule has 0 aromatic heterocycles. The Morgan fingerprint density at radius 1 is 1.41 bits per heavy atom. The summed E-state index contributed by atoms with van der Waals surface area (Å²) >= 11 is 0. The molecular weight excluding hydrogens is 286 g/mol. The number of hydrogen-bond acceptors (Lipinski definition) is 4. The molecule has 4 N–H and O–H groups in total. The van der Waals surface area contributed by atoms with Gasteiger partial charge in [0.05, 0.1) is 5.56 Å². The molecule has 1 heterocycles. The Morgan fingerprint density at radius 3 is 2.86 bits per heavy atom. The average molecular weight is 305 g/mol. The van der Waals surface area contributed by atoms with Gasteiger partial charge in [0.1, 0.15) is 11.8 Å². The minimum Gasteiger partial charge on any atom is -0.507 e. The summed E-state index contributed by atoms with van der Waals surface area (Å²) < 4.78 is 0. The lowest BCUT2D eigenvalue weighted by Crippen LogP contribution is -2.50. The van der Waals surface area contributed by atoms with E-state index in [1.807, 2.05) is 0 Å². The van der Waals surface area contributed by atoms with Crippen LogP contribution in [-0.4, -0.2) is 35.4 Å². The molecule has 7 nitrogen and oxygen atoms in total. The van der Waals surface area contributed by atoms with Crippen molar-refractivity contribution in [1.29, 1.82) is 0 Å². The van der Waals surface area contributed by atoms with Crippen molar-refractivity contribution in [3.63, 3.8) is 0 Å². The largest absolute Gasteiger partial charge is 0.507 e. The molecule has 1 unspecified atom stereocenters. The molecule has 2 rings (SSSR count). The predicted molar refractivity (Wildman–Crippen MR) is 80.5 cm³/mol. The number of carbonyl (C=O) groups is 3. The van der Waals surface area contributed by atoms with Gasteiger partial charge >= 0.3 is 0 Å². The lowest BCUT2D eigenvalue weighted by Gasteiger charge is -2.23. The summed E-state index contributed by atoms with van der Waals surface area (Å²) in [4.78, 5) is 35.3. The second-order valence-corrected chi connectivity index (χ2v) is 5.09. The molecule has 1 aliphatic heterocycles. The average Bonchev–Trinajstić information content (AvgIpc) is 2.51. The number of amides is 3. The quantitative estimate of drug-likeness (QED) is 0.616. The van der Waals surface area contributed by atoms with Gasteiger partial charge in [-0.3, -0.25) is 14.4 Å². The first-order valence-corrected chi connectivity index (χ1v) is 7.22. The number of anilines is 1. The molecule has 1 aliphatic rings. The van der Waals surface area contributed by atoms with Gasteiger partial charge in [-0.15, -0.1) is 0 Å². The molecule has 0 bridgehead atoms. The number of aromatic hydroxyl groups is 1. The highest BCUT2D eigenvalue weighted by molar-refractivity contribution is 6.01. The molecule has 3 amide bonds. The smallest absolute Gasteiger partial charge is 0.255 e. The maximum absolute atomic E-state index is 12.2.